The van der Waals surface area contributed by atoms with Crippen molar-refractivity contribution in [2.24, 2.45) is 0 Å². The summed E-state index contributed by atoms with van der Waals surface area (Å²) in [6, 6.07) is 1.71. The van der Waals surface area contributed by atoms with Crippen molar-refractivity contribution >= 4 is 27.7 Å². The van der Waals surface area contributed by atoms with Gasteiger partial charge in [0.2, 0.25) is 5.95 Å². The predicted octanol–water partition coefficient (Wildman–Crippen LogP) is 2.45. The van der Waals surface area contributed by atoms with Crippen molar-refractivity contribution in [2.75, 3.05) is 23.7 Å². The Morgan fingerprint density at radius 2 is 1.87 bits per heavy atom. The van der Waals surface area contributed by atoms with Crippen LogP contribution in [0.15, 0.2) is 10.7 Å². The average Bonchev–Trinajstić information content (AvgIpc) is 2.16. The first kappa shape index (κ1) is 12.2. The fourth-order valence-electron chi connectivity index (χ4n) is 1.42. The molecule has 4 nitrogen and oxygen atoms in total. The molecule has 0 saturated heterocycles. The highest BCUT2D eigenvalue weighted by Crippen LogP contribution is 2.16. The van der Waals surface area contributed by atoms with Crippen LogP contribution in [-0.4, -0.2) is 23.1 Å². The van der Waals surface area contributed by atoms with E-state index in [4.69, 9.17) is 5.73 Å². The van der Waals surface area contributed by atoms with E-state index in [1.807, 2.05) is 0 Å². The maximum Gasteiger partial charge on any atom is 0.228 e. The lowest BCUT2D eigenvalue weighted by Gasteiger charge is -2.21. The summed E-state index contributed by atoms with van der Waals surface area (Å²) in [4.78, 5) is 10.7. The van der Waals surface area contributed by atoms with Crippen LogP contribution in [0.2, 0.25) is 0 Å². The van der Waals surface area contributed by atoms with Crippen LogP contribution in [0.1, 0.15) is 26.7 Å². The van der Waals surface area contributed by atoms with Crippen molar-refractivity contribution in [3.8, 4) is 0 Å². The molecule has 1 aromatic heterocycles. The lowest BCUT2D eigenvalue weighted by atomic mass is 10.4. The first-order valence-electron chi connectivity index (χ1n) is 5.22. The second-order valence-electron chi connectivity index (χ2n) is 3.40. The largest absolute Gasteiger partial charge is 0.383 e. The Hall–Kier alpha value is -0.840. The number of hydrogen-bond acceptors (Lipinski definition) is 4. The normalized spacial score (nSPS) is 10.3. The minimum atomic E-state index is 0.504. The molecular formula is C10H17BrN4. The quantitative estimate of drug-likeness (QED) is 0.837. The third-order valence-corrected chi connectivity index (χ3v) is 2.38. The lowest BCUT2D eigenvalue weighted by Crippen LogP contribution is -2.27. The summed E-state index contributed by atoms with van der Waals surface area (Å²) in [6.07, 6.45) is 2.16. The highest BCUT2D eigenvalue weighted by atomic mass is 79.9. The summed E-state index contributed by atoms with van der Waals surface area (Å²) < 4.78 is 0.738. The van der Waals surface area contributed by atoms with Gasteiger partial charge in [-0.15, -0.1) is 0 Å². The van der Waals surface area contributed by atoms with Gasteiger partial charge in [0.25, 0.3) is 0 Å². The van der Waals surface area contributed by atoms with E-state index >= 15 is 0 Å². The van der Waals surface area contributed by atoms with Crippen molar-refractivity contribution in [2.45, 2.75) is 26.7 Å². The zero-order valence-electron chi connectivity index (χ0n) is 9.20. The maximum atomic E-state index is 5.68. The van der Waals surface area contributed by atoms with Gasteiger partial charge in [0, 0.05) is 19.2 Å². The summed E-state index contributed by atoms with van der Waals surface area (Å²) in [5.41, 5.74) is 5.68. The van der Waals surface area contributed by atoms with E-state index in [9.17, 15) is 0 Å². The molecule has 0 atom stereocenters. The predicted molar refractivity (Wildman–Crippen MR) is 66.9 cm³/mol. The Labute approximate surface area is 99.0 Å². The molecule has 1 heterocycles. The topological polar surface area (TPSA) is 55.0 Å². The van der Waals surface area contributed by atoms with Crippen LogP contribution in [0.4, 0.5) is 11.8 Å². The van der Waals surface area contributed by atoms with E-state index < -0.39 is 0 Å². The van der Waals surface area contributed by atoms with Gasteiger partial charge in [-0.2, -0.15) is 4.98 Å². The highest BCUT2D eigenvalue weighted by Gasteiger charge is 2.09. The van der Waals surface area contributed by atoms with Crippen LogP contribution >= 0.6 is 15.9 Å². The number of halogens is 1. The smallest absolute Gasteiger partial charge is 0.228 e. The van der Waals surface area contributed by atoms with Gasteiger partial charge in [-0.3, -0.25) is 0 Å². The SMILES string of the molecule is CCCN(CCC)c1nc(N)cc(Br)n1. The van der Waals surface area contributed by atoms with Gasteiger partial charge in [0.15, 0.2) is 0 Å². The second kappa shape index (κ2) is 5.90. The average molecular weight is 273 g/mol. The van der Waals surface area contributed by atoms with Crippen LogP contribution in [0.5, 0.6) is 0 Å². The molecule has 5 heteroatoms. The third kappa shape index (κ3) is 3.66. The summed E-state index contributed by atoms with van der Waals surface area (Å²) in [7, 11) is 0. The molecule has 15 heavy (non-hydrogen) atoms. The standard InChI is InChI=1S/C10H17BrN4/c1-3-5-15(6-4-2)10-13-8(11)7-9(12)14-10/h7H,3-6H2,1-2H3,(H2,12,13,14). The summed E-state index contributed by atoms with van der Waals surface area (Å²) in [5, 5.41) is 0. The molecule has 0 aliphatic rings. The molecule has 0 aliphatic carbocycles. The van der Waals surface area contributed by atoms with Crippen LogP contribution in [0.25, 0.3) is 0 Å². The Balaban J connectivity index is 2.88. The number of aromatic nitrogens is 2. The van der Waals surface area contributed by atoms with Crippen molar-refractivity contribution in [1.29, 1.82) is 0 Å². The molecule has 0 spiro atoms. The molecule has 84 valence electrons. The zero-order chi connectivity index (χ0) is 11.3. The summed E-state index contributed by atoms with van der Waals surface area (Å²) in [5.74, 6) is 1.22. The second-order valence-corrected chi connectivity index (χ2v) is 4.22. The van der Waals surface area contributed by atoms with Gasteiger partial charge >= 0.3 is 0 Å². The van der Waals surface area contributed by atoms with Crippen molar-refractivity contribution < 1.29 is 0 Å². The molecule has 1 aromatic rings. The zero-order valence-corrected chi connectivity index (χ0v) is 10.8. The van der Waals surface area contributed by atoms with Crippen molar-refractivity contribution in [3.05, 3.63) is 10.7 Å². The molecule has 1 rings (SSSR count). The third-order valence-electron chi connectivity index (χ3n) is 1.97. The molecule has 0 amide bonds. The first-order chi connectivity index (χ1) is 7.17. The van der Waals surface area contributed by atoms with Crippen LogP contribution in [0.3, 0.4) is 0 Å². The Morgan fingerprint density at radius 1 is 1.27 bits per heavy atom. The van der Waals surface area contributed by atoms with E-state index in [1.54, 1.807) is 6.07 Å². The van der Waals surface area contributed by atoms with Crippen LogP contribution < -0.4 is 10.6 Å². The van der Waals surface area contributed by atoms with E-state index in [0.29, 0.717) is 11.8 Å². The Bertz CT molecular complexity index is 290. The Morgan fingerprint density at radius 3 is 2.33 bits per heavy atom. The number of hydrogen-bond donors (Lipinski definition) is 1. The minimum absolute atomic E-state index is 0.504. The van der Waals surface area contributed by atoms with E-state index in [2.05, 4.69) is 44.6 Å². The molecule has 0 aromatic carbocycles. The molecule has 0 saturated carbocycles. The minimum Gasteiger partial charge on any atom is -0.383 e. The highest BCUT2D eigenvalue weighted by molar-refractivity contribution is 9.10. The molecule has 2 N–H and O–H groups in total. The molecule has 0 bridgehead atoms. The van der Waals surface area contributed by atoms with Gasteiger partial charge in [-0.25, -0.2) is 4.98 Å². The number of rotatable bonds is 5. The van der Waals surface area contributed by atoms with Gasteiger partial charge in [-0.1, -0.05) is 13.8 Å². The number of nitrogen functional groups attached to an aromatic ring is 1. The van der Waals surface area contributed by atoms with Gasteiger partial charge < -0.3 is 10.6 Å². The number of anilines is 2. The molecule has 0 radical (unpaired) electrons. The lowest BCUT2D eigenvalue weighted by molar-refractivity contribution is 0.720. The van der Waals surface area contributed by atoms with E-state index in [-0.39, 0.29) is 0 Å². The maximum absolute atomic E-state index is 5.68. The van der Waals surface area contributed by atoms with Gasteiger partial charge in [0.05, 0.1) is 0 Å². The van der Waals surface area contributed by atoms with Crippen molar-refractivity contribution in [3.63, 3.8) is 0 Å². The van der Waals surface area contributed by atoms with E-state index in [0.717, 1.165) is 30.5 Å². The molecular weight excluding hydrogens is 256 g/mol. The molecule has 0 aliphatic heterocycles. The first-order valence-corrected chi connectivity index (χ1v) is 6.01. The van der Waals surface area contributed by atoms with Crippen molar-refractivity contribution in [1.82, 2.24) is 9.97 Å². The molecule has 0 fully saturated rings. The van der Waals surface area contributed by atoms with Gasteiger partial charge in [-0.05, 0) is 28.8 Å². The number of nitrogens with two attached hydrogens (primary N) is 1. The van der Waals surface area contributed by atoms with Crippen LogP contribution in [0, 0.1) is 0 Å². The monoisotopic (exact) mass is 272 g/mol. The fraction of sp³-hybridized carbons (Fsp3) is 0.600. The van der Waals surface area contributed by atoms with Crippen LogP contribution in [-0.2, 0) is 0 Å². The molecule has 0 unspecified atom stereocenters. The Kier molecular flexibility index (Phi) is 4.81. The van der Waals surface area contributed by atoms with Gasteiger partial charge in [0.1, 0.15) is 10.4 Å². The number of nitrogens with zero attached hydrogens (tertiary/aromatic N) is 3. The summed E-state index contributed by atoms with van der Waals surface area (Å²) >= 11 is 3.33. The summed E-state index contributed by atoms with van der Waals surface area (Å²) in [6.45, 7) is 6.21. The van der Waals surface area contributed by atoms with E-state index in [1.165, 1.54) is 0 Å². The fourth-order valence-corrected chi connectivity index (χ4v) is 1.81.